The van der Waals surface area contributed by atoms with Gasteiger partial charge in [-0.05, 0) is 74.2 Å². The van der Waals surface area contributed by atoms with Gasteiger partial charge in [-0.1, -0.05) is 44.2 Å². The maximum absolute atomic E-state index is 13.1. The van der Waals surface area contributed by atoms with E-state index in [9.17, 15) is 18.4 Å². The molecule has 0 saturated carbocycles. The van der Waals surface area contributed by atoms with Gasteiger partial charge >= 0.3 is 5.97 Å². The fraction of sp³-hybridized carbons (Fsp3) is 0.290. The summed E-state index contributed by atoms with van der Waals surface area (Å²) in [5.41, 5.74) is 3.89. The highest BCUT2D eigenvalue weighted by atomic mass is 32.2. The molecular formula is C31H33N2O7S-. The van der Waals surface area contributed by atoms with Crippen molar-refractivity contribution in [3.05, 3.63) is 78.1 Å². The first-order chi connectivity index (χ1) is 19.5. The number of benzene rings is 3. The summed E-state index contributed by atoms with van der Waals surface area (Å²) in [6.45, 7) is 9.22. The Hall–Kier alpha value is -4.15. The minimum Gasteiger partial charge on any atom is -0.755 e. The minimum atomic E-state index is -2.69. The lowest BCUT2D eigenvalue weighted by atomic mass is 10.0. The highest BCUT2D eigenvalue weighted by Crippen LogP contribution is 2.34. The first-order valence-electron chi connectivity index (χ1n) is 13.2. The number of nitrogens with one attached hydrogen (secondary N) is 1. The predicted octanol–water partition coefficient (Wildman–Crippen LogP) is 6.25. The van der Waals surface area contributed by atoms with E-state index in [0.717, 1.165) is 20.8 Å². The molecule has 3 aromatic carbocycles. The van der Waals surface area contributed by atoms with Crippen molar-refractivity contribution < 1.29 is 32.2 Å². The Labute approximate surface area is 241 Å². The first-order valence-corrected chi connectivity index (χ1v) is 14.2. The first kappa shape index (κ1) is 29.8. The Kier molecular flexibility index (Phi) is 9.14. The van der Waals surface area contributed by atoms with Crippen LogP contribution in [0.5, 0.6) is 5.75 Å². The molecule has 1 amide bonds. The zero-order valence-electron chi connectivity index (χ0n) is 23.8. The van der Waals surface area contributed by atoms with Crippen LogP contribution in [0.15, 0.2) is 71.1 Å². The zero-order chi connectivity index (χ0) is 29.8. The Morgan fingerprint density at radius 3 is 2.10 bits per heavy atom. The summed E-state index contributed by atoms with van der Waals surface area (Å²) in [6.07, 6.45) is -0.0201. The number of furan rings is 1. The molecule has 4 aromatic rings. The topological polar surface area (TPSA) is 121 Å². The van der Waals surface area contributed by atoms with Crippen molar-refractivity contribution in [1.29, 1.82) is 0 Å². The molecule has 41 heavy (non-hydrogen) atoms. The summed E-state index contributed by atoms with van der Waals surface area (Å²) in [5.74, 6) is -0.425. The van der Waals surface area contributed by atoms with Gasteiger partial charge in [0.1, 0.15) is 17.4 Å². The molecule has 0 aliphatic heterocycles. The summed E-state index contributed by atoms with van der Waals surface area (Å²) in [5, 5.41) is 3.66. The van der Waals surface area contributed by atoms with Crippen LogP contribution in [-0.2, 0) is 20.8 Å². The lowest BCUT2D eigenvalue weighted by Crippen LogP contribution is -2.46. The van der Waals surface area contributed by atoms with Crippen LogP contribution in [0.4, 0.5) is 11.4 Å². The molecule has 9 nitrogen and oxygen atoms in total. The smallest absolute Gasteiger partial charge is 0.329 e. The molecule has 2 unspecified atom stereocenters. The molecule has 216 valence electrons. The van der Waals surface area contributed by atoms with Crippen LogP contribution in [0.1, 0.15) is 43.8 Å². The van der Waals surface area contributed by atoms with Gasteiger partial charge in [-0.25, -0.2) is 4.79 Å². The van der Waals surface area contributed by atoms with Crippen molar-refractivity contribution in [2.24, 2.45) is 5.92 Å². The minimum absolute atomic E-state index is 0.0201. The molecule has 0 aliphatic carbocycles. The maximum Gasteiger partial charge on any atom is 0.329 e. The molecule has 0 saturated heterocycles. The summed E-state index contributed by atoms with van der Waals surface area (Å²) in [4.78, 5) is 25.4. The number of methoxy groups -OCH3 is 1. The van der Waals surface area contributed by atoms with Crippen molar-refractivity contribution in [3.8, 4) is 16.9 Å². The average molecular weight is 578 g/mol. The molecule has 1 heterocycles. The summed E-state index contributed by atoms with van der Waals surface area (Å²) >= 11 is -2.69. The van der Waals surface area contributed by atoms with Crippen LogP contribution in [0, 0.1) is 12.8 Å². The Bertz CT molecular complexity index is 1560. The van der Waals surface area contributed by atoms with E-state index in [2.05, 4.69) is 5.32 Å². The lowest BCUT2D eigenvalue weighted by Gasteiger charge is -2.35. The van der Waals surface area contributed by atoms with E-state index < -0.39 is 23.3 Å². The number of aryl methyl sites for hydroxylation is 1. The second-order valence-electron chi connectivity index (χ2n) is 10.2. The number of nitrogens with zero attached hydrogens (tertiary/aromatic N) is 1. The molecule has 0 spiro atoms. The Morgan fingerprint density at radius 1 is 0.951 bits per heavy atom. The monoisotopic (exact) mass is 577 g/mol. The fourth-order valence-corrected chi connectivity index (χ4v) is 5.48. The highest BCUT2D eigenvalue weighted by Gasteiger charge is 2.31. The van der Waals surface area contributed by atoms with E-state index >= 15 is 0 Å². The highest BCUT2D eigenvalue weighted by molar-refractivity contribution is 7.80. The predicted molar refractivity (Wildman–Crippen MR) is 159 cm³/mol. The third-order valence-corrected chi connectivity index (χ3v) is 7.33. The average Bonchev–Trinajstić information content (AvgIpc) is 3.28. The van der Waals surface area contributed by atoms with Gasteiger partial charge < -0.3 is 23.8 Å². The SMILES string of the molecule is COC(=O)C(C(C)C)N(c1ccc(-c2ccc(NC(=O)c3oc4cccc(OC(C)C)c4c3C)cc2)cc1)S(=O)[O-]. The quantitative estimate of drug-likeness (QED) is 0.175. The van der Waals surface area contributed by atoms with Crippen molar-refractivity contribution in [2.45, 2.75) is 46.8 Å². The number of amides is 1. The number of carbonyl (C=O) groups excluding carboxylic acids is 2. The summed E-state index contributed by atoms with van der Waals surface area (Å²) in [6, 6.07) is 18.6. The second kappa shape index (κ2) is 12.6. The molecule has 4 rings (SSSR count). The largest absolute Gasteiger partial charge is 0.755 e. The number of carbonyl (C=O) groups is 2. The number of hydrogen-bond donors (Lipinski definition) is 1. The molecule has 0 fully saturated rings. The van der Waals surface area contributed by atoms with E-state index in [1.165, 1.54) is 7.11 Å². The molecular weight excluding hydrogens is 544 g/mol. The molecule has 2 atom stereocenters. The number of ether oxygens (including phenoxy) is 2. The molecule has 10 heteroatoms. The van der Waals surface area contributed by atoms with Gasteiger partial charge in [-0.3, -0.25) is 13.3 Å². The van der Waals surface area contributed by atoms with Gasteiger partial charge in [-0.15, -0.1) is 0 Å². The van der Waals surface area contributed by atoms with Gasteiger partial charge in [0.2, 0.25) is 0 Å². The van der Waals surface area contributed by atoms with Crippen LogP contribution in [-0.4, -0.2) is 39.9 Å². The van der Waals surface area contributed by atoms with Crippen LogP contribution in [0.2, 0.25) is 0 Å². The van der Waals surface area contributed by atoms with Crippen LogP contribution in [0.25, 0.3) is 22.1 Å². The summed E-state index contributed by atoms with van der Waals surface area (Å²) in [7, 11) is 1.23. The van der Waals surface area contributed by atoms with Crippen molar-refractivity contribution in [2.75, 3.05) is 16.7 Å². The lowest BCUT2D eigenvalue weighted by molar-refractivity contribution is -0.142. The van der Waals surface area contributed by atoms with Gasteiger partial charge in [0, 0.05) is 28.2 Å². The number of fused-ring (bicyclic) bond motifs is 1. The zero-order valence-corrected chi connectivity index (χ0v) is 24.6. The van der Waals surface area contributed by atoms with E-state index in [0.29, 0.717) is 28.3 Å². The standard InChI is InChI=1S/C31H34N2O7S/c1-18(2)28(31(35)38-6)33(41(36)37)24-16-12-22(13-17-24)21-10-14-23(15-11-21)32-30(34)29-20(5)27-25(39-19(3)4)8-7-9-26(27)40-29/h7-19,28H,1-6H3,(H,32,34)(H,36,37)/p-1. The van der Waals surface area contributed by atoms with Gasteiger partial charge in [-0.2, -0.15) is 0 Å². The van der Waals surface area contributed by atoms with E-state index in [-0.39, 0.29) is 23.7 Å². The third-order valence-electron chi connectivity index (χ3n) is 6.57. The van der Waals surface area contributed by atoms with Crippen LogP contribution >= 0.6 is 0 Å². The third kappa shape index (κ3) is 6.44. The van der Waals surface area contributed by atoms with Crippen LogP contribution < -0.4 is 14.4 Å². The number of rotatable bonds is 10. The number of esters is 1. The fourth-order valence-electron chi connectivity index (χ4n) is 4.67. The van der Waals surface area contributed by atoms with E-state index in [4.69, 9.17) is 13.9 Å². The van der Waals surface area contributed by atoms with Crippen molar-refractivity contribution in [1.82, 2.24) is 0 Å². The van der Waals surface area contributed by atoms with Gasteiger partial charge in [0.25, 0.3) is 5.91 Å². The van der Waals surface area contributed by atoms with E-state index in [1.807, 2.05) is 45.0 Å². The Morgan fingerprint density at radius 2 is 1.56 bits per heavy atom. The van der Waals surface area contributed by atoms with E-state index in [1.54, 1.807) is 56.3 Å². The summed E-state index contributed by atoms with van der Waals surface area (Å²) < 4.78 is 41.7. The molecule has 0 bridgehead atoms. The number of hydrogen-bond acceptors (Lipinski definition) is 7. The molecule has 0 aliphatic rings. The number of anilines is 2. The maximum atomic E-state index is 13.1. The van der Waals surface area contributed by atoms with Crippen molar-refractivity contribution in [3.63, 3.8) is 0 Å². The van der Waals surface area contributed by atoms with Gasteiger partial charge in [0.15, 0.2) is 5.76 Å². The molecule has 1 N–H and O–H groups in total. The molecule has 0 radical (unpaired) electrons. The van der Waals surface area contributed by atoms with Gasteiger partial charge in [0.05, 0.1) is 18.6 Å². The van der Waals surface area contributed by atoms with Crippen LogP contribution in [0.3, 0.4) is 0 Å². The van der Waals surface area contributed by atoms with Crippen molar-refractivity contribution >= 4 is 45.5 Å². The normalized spacial score (nSPS) is 12.8. The Balaban J connectivity index is 1.52. The second-order valence-corrected chi connectivity index (χ2v) is 11.0. The molecule has 1 aromatic heterocycles.